The Morgan fingerprint density at radius 1 is 1.29 bits per heavy atom. The summed E-state index contributed by atoms with van der Waals surface area (Å²) >= 11 is 6.25. The summed E-state index contributed by atoms with van der Waals surface area (Å²) in [6.45, 7) is 2.32. The number of nitrogens with zero attached hydrogens (tertiary/aromatic N) is 2. The largest absolute Gasteiger partial charge is 0.383 e. The molecule has 28 heavy (non-hydrogen) atoms. The molecule has 0 fully saturated rings. The monoisotopic (exact) mass is 401 g/mol. The molecule has 1 unspecified atom stereocenters. The minimum atomic E-state index is -0.683. The molecular weight excluding hydrogens is 378 g/mol. The Kier molecular flexibility index (Phi) is 6.67. The predicted molar refractivity (Wildman–Crippen MR) is 110 cm³/mol. The van der Waals surface area contributed by atoms with Gasteiger partial charge in [-0.1, -0.05) is 47.1 Å². The predicted octanol–water partition coefficient (Wildman–Crippen LogP) is 3.06. The quantitative estimate of drug-likeness (QED) is 0.737. The van der Waals surface area contributed by atoms with Crippen LogP contribution in [0.4, 0.5) is 0 Å². The number of amides is 1. The fourth-order valence-electron chi connectivity index (χ4n) is 3.11. The Bertz CT molecular complexity index is 868. The lowest BCUT2D eigenvalue weighted by Crippen LogP contribution is -2.28. The van der Waals surface area contributed by atoms with E-state index in [1.165, 1.54) is 5.56 Å². The van der Waals surface area contributed by atoms with Crippen molar-refractivity contribution < 1.29 is 14.4 Å². The summed E-state index contributed by atoms with van der Waals surface area (Å²) < 4.78 is 5.16. The van der Waals surface area contributed by atoms with E-state index in [1.807, 2.05) is 36.4 Å². The van der Waals surface area contributed by atoms with Crippen molar-refractivity contribution in [3.63, 3.8) is 0 Å². The van der Waals surface area contributed by atoms with Crippen LogP contribution in [-0.4, -0.2) is 49.9 Å². The minimum Gasteiger partial charge on any atom is -0.383 e. The third-order valence-corrected chi connectivity index (χ3v) is 4.94. The number of rotatable bonds is 8. The third kappa shape index (κ3) is 4.90. The van der Waals surface area contributed by atoms with Crippen molar-refractivity contribution in [3.05, 3.63) is 58.6 Å². The van der Waals surface area contributed by atoms with E-state index >= 15 is 0 Å². The lowest BCUT2D eigenvalue weighted by atomic mass is 9.96. The van der Waals surface area contributed by atoms with E-state index in [0.29, 0.717) is 18.1 Å². The molecule has 148 valence electrons. The van der Waals surface area contributed by atoms with E-state index in [9.17, 15) is 4.79 Å². The minimum absolute atomic E-state index is 0.390. The van der Waals surface area contributed by atoms with Gasteiger partial charge in [0.05, 0.1) is 12.3 Å². The number of ether oxygens (including phenoxy) is 1. The second-order valence-electron chi connectivity index (χ2n) is 6.85. The normalized spacial score (nSPS) is 16.1. The van der Waals surface area contributed by atoms with Crippen molar-refractivity contribution in [2.75, 3.05) is 27.3 Å². The van der Waals surface area contributed by atoms with Gasteiger partial charge in [-0.15, -0.1) is 0 Å². The Morgan fingerprint density at radius 2 is 2.00 bits per heavy atom. The number of carbonyl (C=O) groups excluding carboxylic acids is 1. The summed E-state index contributed by atoms with van der Waals surface area (Å²) in [7, 11) is 3.77. The van der Waals surface area contributed by atoms with Gasteiger partial charge in [-0.05, 0) is 41.4 Å². The Morgan fingerprint density at radius 3 is 2.64 bits per heavy atom. The lowest BCUT2D eigenvalue weighted by molar-refractivity contribution is -0.127. The number of carbonyl (C=O) groups is 1. The van der Waals surface area contributed by atoms with E-state index in [1.54, 1.807) is 7.11 Å². The first-order valence-electron chi connectivity index (χ1n) is 9.06. The van der Waals surface area contributed by atoms with Crippen LogP contribution in [0.15, 0.2) is 47.6 Å². The van der Waals surface area contributed by atoms with Crippen LogP contribution >= 0.6 is 11.6 Å². The molecule has 0 spiro atoms. The summed E-state index contributed by atoms with van der Waals surface area (Å²) in [4.78, 5) is 18.5. The summed E-state index contributed by atoms with van der Waals surface area (Å²) in [5.41, 5.74) is 10.2. The number of methoxy groups -OCH3 is 1. The average Bonchev–Trinajstić information content (AvgIpc) is 3.18. The van der Waals surface area contributed by atoms with Gasteiger partial charge >= 0.3 is 0 Å². The van der Waals surface area contributed by atoms with Gasteiger partial charge in [0.2, 0.25) is 6.10 Å². The van der Waals surface area contributed by atoms with Crippen molar-refractivity contribution in [2.45, 2.75) is 19.1 Å². The molecule has 1 aliphatic rings. The first-order chi connectivity index (χ1) is 13.5. The van der Waals surface area contributed by atoms with E-state index in [0.717, 1.165) is 35.5 Å². The number of likely N-dealkylation sites (N-methyl/N-ethyl adjacent to an activating group) is 1. The Hall–Kier alpha value is -2.41. The van der Waals surface area contributed by atoms with Crippen molar-refractivity contribution >= 4 is 23.2 Å². The third-order valence-electron chi connectivity index (χ3n) is 4.70. The summed E-state index contributed by atoms with van der Waals surface area (Å²) in [6, 6.07) is 13.9. The molecule has 1 amide bonds. The molecule has 1 heterocycles. The van der Waals surface area contributed by atoms with Crippen LogP contribution in [0.25, 0.3) is 11.1 Å². The highest BCUT2D eigenvalue weighted by Crippen LogP contribution is 2.29. The number of oxime groups is 1. The standard InChI is InChI=1S/C21H24ClN3O3/c1-25(9-10-27-2)13-16-7-8-17(22)11-18(16)14-3-5-15(6-4-14)19-12-20(21(23)26)28-24-19/h3-8,11,20H,9-10,12-13H2,1-2H3,(H2,23,26). The van der Waals surface area contributed by atoms with Gasteiger partial charge in [-0.25, -0.2) is 0 Å². The number of primary amides is 1. The van der Waals surface area contributed by atoms with Gasteiger partial charge in [0.15, 0.2) is 0 Å². The average molecular weight is 402 g/mol. The van der Waals surface area contributed by atoms with Gasteiger partial charge in [0, 0.05) is 31.6 Å². The highest BCUT2D eigenvalue weighted by atomic mass is 35.5. The van der Waals surface area contributed by atoms with Gasteiger partial charge in [-0.3, -0.25) is 9.69 Å². The molecule has 2 aromatic rings. The molecule has 6 nitrogen and oxygen atoms in total. The van der Waals surface area contributed by atoms with Crippen LogP contribution in [0, 0.1) is 0 Å². The second-order valence-corrected chi connectivity index (χ2v) is 7.28. The molecule has 7 heteroatoms. The van der Waals surface area contributed by atoms with Crippen molar-refractivity contribution in [1.82, 2.24) is 4.90 Å². The van der Waals surface area contributed by atoms with E-state index in [-0.39, 0.29) is 0 Å². The van der Waals surface area contributed by atoms with E-state index in [4.69, 9.17) is 26.9 Å². The Labute approximate surface area is 169 Å². The fourth-order valence-corrected chi connectivity index (χ4v) is 3.29. The molecule has 0 radical (unpaired) electrons. The molecule has 2 N–H and O–H groups in total. The first kappa shape index (κ1) is 20.3. The summed E-state index contributed by atoms with van der Waals surface area (Å²) in [5, 5.41) is 4.68. The SMILES string of the molecule is COCCN(C)Cc1ccc(Cl)cc1-c1ccc(C2=NOC(C(N)=O)C2)cc1. The highest BCUT2D eigenvalue weighted by molar-refractivity contribution is 6.30. The van der Waals surface area contributed by atoms with Crippen LogP contribution in [-0.2, 0) is 20.9 Å². The van der Waals surface area contributed by atoms with E-state index < -0.39 is 12.0 Å². The van der Waals surface area contributed by atoms with Crippen LogP contribution in [0.3, 0.4) is 0 Å². The maximum atomic E-state index is 11.2. The zero-order valence-electron chi connectivity index (χ0n) is 16.0. The van der Waals surface area contributed by atoms with Gasteiger partial charge < -0.3 is 15.3 Å². The van der Waals surface area contributed by atoms with Crippen LogP contribution in [0.5, 0.6) is 0 Å². The van der Waals surface area contributed by atoms with Crippen molar-refractivity contribution in [2.24, 2.45) is 10.9 Å². The molecule has 0 bridgehead atoms. The number of benzene rings is 2. The van der Waals surface area contributed by atoms with Gasteiger partial charge in [0.25, 0.3) is 5.91 Å². The van der Waals surface area contributed by atoms with Gasteiger partial charge in [0.1, 0.15) is 0 Å². The molecule has 2 aromatic carbocycles. The topological polar surface area (TPSA) is 77.2 Å². The lowest BCUT2D eigenvalue weighted by Gasteiger charge is -2.19. The summed E-state index contributed by atoms with van der Waals surface area (Å²) in [6.07, 6.45) is -0.293. The molecule has 0 saturated carbocycles. The maximum absolute atomic E-state index is 11.2. The van der Waals surface area contributed by atoms with E-state index in [2.05, 4.69) is 23.2 Å². The fraction of sp³-hybridized carbons (Fsp3) is 0.333. The molecular formula is C21H24ClN3O3. The van der Waals surface area contributed by atoms with Crippen LogP contribution < -0.4 is 5.73 Å². The van der Waals surface area contributed by atoms with Crippen molar-refractivity contribution in [1.29, 1.82) is 0 Å². The molecule has 0 aromatic heterocycles. The number of halogens is 1. The summed E-state index contributed by atoms with van der Waals surface area (Å²) in [5.74, 6) is -0.503. The molecule has 3 rings (SSSR count). The number of hydrogen-bond donors (Lipinski definition) is 1. The zero-order chi connectivity index (χ0) is 20.1. The molecule has 1 aliphatic heterocycles. The highest BCUT2D eigenvalue weighted by Gasteiger charge is 2.26. The van der Waals surface area contributed by atoms with Crippen LogP contribution in [0.2, 0.25) is 5.02 Å². The second kappa shape index (κ2) is 9.19. The first-order valence-corrected chi connectivity index (χ1v) is 9.44. The molecule has 0 aliphatic carbocycles. The number of nitrogens with two attached hydrogens (primary N) is 1. The van der Waals surface area contributed by atoms with Crippen LogP contribution in [0.1, 0.15) is 17.5 Å². The maximum Gasteiger partial charge on any atom is 0.261 e. The smallest absolute Gasteiger partial charge is 0.261 e. The van der Waals surface area contributed by atoms with Crippen molar-refractivity contribution in [3.8, 4) is 11.1 Å². The number of hydrogen-bond acceptors (Lipinski definition) is 5. The van der Waals surface area contributed by atoms with Gasteiger partial charge in [-0.2, -0.15) is 0 Å². The molecule has 0 saturated heterocycles. The Balaban J connectivity index is 1.80. The molecule has 1 atom stereocenters. The zero-order valence-corrected chi connectivity index (χ0v) is 16.8.